The third-order valence-electron chi connectivity index (χ3n) is 4.23. The normalized spacial score (nSPS) is 16.1. The predicted molar refractivity (Wildman–Crippen MR) is 102 cm³/mol. The average molecular weight is 361 g/mol. The number of carbonyl (C=O) groups is 2. The summed E-state index contributed by atoms with van der Waals surface area (Å²) < 4.78 is 5.33. The standard InChI is InChI=1S/C20H31N3O3/c1-20(2,3)26-19(25)22-17(16-9-5-4-6-10-16)15-18(24)21-11-14-23-12-7-8-13-23/h4-6,9-10,17H,7-8,11-15H2,1-3H3,(H,21,24)(H,22,25). The van der Waals surface area contributed by atoms with Crippen molar-refractivity contribution in [1.29, 1.82) is 0 Å². The molecule has 1 aromatic rings. The van der Waals surface area contributed by atoms with Gasteiger partial charge < -0.3 is 20.3 Å². The van der Waals surface area contributed by atoms with Gasteiger partial charge in [-0.2, -0.15) is 0 Å². The van der Waals surface area contributed by atoms with E-state index in [2.05, 4.69) is 15.5 Å². The fourth-order valence-corrected chi connectivity index (χ4v) is 3.00. The maximum Gasteiger partial charge on any atom is 0.408 e. The Morgan fingerprint density at radius 1 is 1.15 bits per heavy atom. The summed E-state index contributed by atoms with van der Waals surface area (Å²) in [5.41, 5.74) is 0.302. The molecule has 0 aromatic heterocycles. The summed E-state index contributed by atoms with van der Waals surface area (Å²) in [6.45, 7) is 9.18. The van der Waals surface area contributed by atoms with Crippen molar-refractivity contribution in [3.63, 3.8) is 0 Å². The van der Waals surface area contributed by atoms with Gasteiger partial charge in [-0.3, -0.25) is 4.79 Å². The lowest BCUT2D eigenvalue weighted by Gasteiger charge is -2.24. The van der Waals surface area contributed by atoms with Crippen molar-refractivity contribution >= 4 is 12.0 Å². The molecule has 1 saturated heterocycles. The number of hydrogen-bond donors (Lipinski definition) is 2. The largest absolute Gasteiger partial charge is 0.444 e. The fourth-order valence-electron chi connectivity index (χ4n) is 3.00. The van der Waals surface area contributed by atoms with Gasteiger partial charge in [-0.1, -0.05) is 30.3 Å². The fraction of sp³-hybridized carbons (Fsp3) is 0.600. The summed E-state index contributed by atoms with van der Waals surface area (Å²) in [6, 6.07) is 9.08. The van der Waals surface area contributed by atoms with Crippen LogP contribution in [0, 0.1) is 0 Å². The SMILES string of the molecule is CC(C)(C)OC(=O)NC(CC(=O)NCCN1CCCC1)c1ccccc1. The molecule has 1 atom stereocenters. The number of nitrogens with one attached hydrogen (secondary N) is 2. The van der Waals surface area contributed by atoms with Crippen LogP contribution in [0.1, 0.15) is 51.6 Å². The predicted octanol–water partition coefficient (Wildman–Crippen LogP) is 2.85. The number of alkyl carbamates (subject to hydrolysis) is 1. The minimum atomic E-state index is -0.580. The molecule has 0 aliphatic carbocycles. The highest BCUT2D eigenvalue weighted by Gasteiger charge is 2.22. The van der Waals surface area contributed by atoms with Crippen LogP contribution in [0.25, 0.3) is 0 Å². The highest BCUT2D eigenvalue weighted by Crippen LogP contribution is 2.18. The van der Waals surface area contributed by atoms with Gasteiger partial charge in [-0.05, 0) is 52.3 Å². The van der Waals surface area contributed by atoms with Crippen molar-refractivity contribution in [2.75, 3.05) is 26.2 Å². The molecule has 1 aliphatic rings. The maximum absolute atomic E-state index is 12.3. The average Bonchev–Trinajstić information content (AvgIpc) is 3.06. The molecule has 1 fully saturated rings. The summed E-state index contributed by atoms with van der Waals surface area (Å²) >= 11 is 0. The number of amides is 2. The van der Waals surface area contributed by atoms with Crippen LogP contribution in [0.4, 0.5) is 4.79 Å². The molecule has 2 rings (SSSR count). The molecule has 1 aromatic carbocycles. The molecule has 1 heterocycles. The minimum absolute atomic E-state index is 0.0749. The molecular formula is C20H31N3O3. The van der Waals surface area contributed by atoms with Crippen molar-refractivity contribution in [2.24, 2.45) is 0 Å². The van der Waals surface area contributed by atoms with Gasteiger partial charge in [0.2, 0.25) is 5.91 Å². The van der Waals surface area contributed by atoms with E-state index in [1.165, 1.54) is 12.8 Å². The Labute approximate surface area is 156 Å². The number of rotatable bonds is 7. The second-order valence-corrected chi connectivity index (χ2v) is 7.71. The maximum atomic E-state index is 12.3. The number of carbonyl (C=O) groups excluding carboxylic acids is 2. The zero-order valence-electron chi connectivity index (χ0n) is 16.1. The number of likely N-dealkylation sites (tertiary alicyclic amines) is 1. The Morgan fingerprint density at radius 2 is 1.81 bits per heavy atom. The van der Waals surface area contributed by atoms with Crippen LogP contribution in [-0.4, -0.2) is 48.7 Å². The molecule has 0 spiro atoms. The van der Waals surface area contributed by atoms with Crippen molar-refractivity contribution in [3.05, 3.63) is 35.9 Å². The van der Waals surface area contributed by atoms with E-state index in [1.807, 2.05) is 51.1 Å². The summed E-state index contributed by atoms with van der Waals surface area (Å²) in [5.74, 6) is -0.0749. The van der Waals surface area contributed by atoms with Crippen LogP contribution in [0.3, 0.4) is 0 Å². The topological polar surface area (TPSA) is 70.7 Å². The quantitative estimate of drug-likeness (QED) is 0.783. The lowest BCUT2D eigenvalue weighted by atomic mass is 10.0. The van der Waals surface area contributed by atoms with E-state index in [-0.39, 0.29) is 12.3 Å². The molecule has 0 radical (unpaired) electrons. The second kappa shape index (κ2) is 9.57. The van der Waals surface area contributed by atoms with Crippen LogP contribution in [0.2, 0.25) is 0 Å². The Bertz CT molecular complexity index is 578. The highest BCUT2D eigenvalue weighted by molar-refractivity contribution is 5.78. The Kier molecular flexibility index (Phi) is 7.45. The van der Waals surface area contributed by atoms with Gasteiger partial charge in [0.1, 0.15) is 5.60 Å². The van der Waals surface area contributed by atoms with E-state index in [1.54, 1.807) is 0 Å². The number of ether oxygens (including phenoxy) is 1. The number of hydrogen-bond acceptors (Lipinski definition) is 4. The van der Waals surface area contributed by atoms with Gasteiger partial charge in [0.15, 0.2) is 0 Å². The molecule has 0 saturated carbocycles. The highest BCUT2D eigenvalue weighted by atomic mass is 16.6. The first-order valence-electron chi connectivity index (χ1n) is 9.37. The molecule has 6 nitrogen and oxygen atoms in total. The lowest BCUT2D eigenvalue weighted by Crippen LogP contribution is -2.38. The minimum Gasteiger partial charge on any atom is -0.444 e. The monoisotopic (exact) mass is 361 g/mol. The van der Waals surface area contributed by atoms with Gasteiger partial charge in [0.05, 0.1) is 12.5 Å². The van der Waals surface area contributed by atoms with Crippen molar-refractivity contribution < 1.29 is 14.3 Å². The first kappa shape index (κ1) is 20.2. The second-order valence-electron chi connectivity index (χ2n) is 7.71. The molecule has 144 valence electrons. The van der Waals surface area contributed by atoms with E-state index in [0.717, 1.165) is 25.2 Å². The Morgan fingerprint density at radius 3 is 2.42 bits per heavy atom. The van der Waals surface area contributed by atoms with Gasteiger partial charge in [-0.25, -0.2) is 4.79 Å². The molecule has 2 amide bonds. The van der Waals surface area contributed by atoms with Crippen molar-refractivity contribution in [2.45, 2.75) is 51.7 Å². The van der Waals surface area contributed by atoms with Gasteiger partial charge >= 0.3 is 6.09 Å². The van der Waals surface area contributed by atoms with Crippen molar-refractivity contribution in [1.82, 2.24) is 15.5 Å². The van der Waals surface area contributed by atoms with E-state index in [0.29, 0.717) is 6.54 Å². The van der Waals surface area contributed by atoms with Crippen LogP contribution in [-0.2, 0) is 9.53 Å². The van der Waals surface area contributed by atoms with Crippen molar-refractivity contribution in [3.8, 4) is 0 Å². The van der Waals surface area contributed by atoms with Gasteiger partial charge in [0, 0.05) is 13.1 Å². The van der Waals surface area contributed by atoms with Crippen LogP contribution >= 0.6 is 0 Å². The lowest BCUT2D eigenvalue weighted by molar-refractivity contribution is -0.121. The summed E-state index contributed by atoms with van der Waals surface area (Å²) in [6.07, 6.45) is 2.15. The Hall–Kier alpha value is -2.08. The first-order valence-corrected chi connectivity index (χ1v) is 9.37. The smallest absolute Gasteiger partial charge is 0.408 e. The molecule has 2 N–H and O–H groups in total. The third-order valence-corrected chi connectivity index (χ3v) is 4.23. The van der Waals surface area contributed by atoms with Crippen LogP contribution < -0.4 is 10.6 Å². The summed E-state index contributed by atoms with van der Waals surface area (Å²) in [4.78, 5) is 26.8. The van der Waals surface area contributed by atoms with E-state index >= 15 is 0 Å². The van der Waals surface area contributed by atoms with Crippen LogP contribution in [0.15, 0.2) is 30.3 Å². The molecule has 1 unspecified atom stereocenters. The van der Waals surface area contributed by atoms with Gasteiger partial charge in [0.25, 0.3) is 0 Å². The number of nitrogens with zero attached hydrogens (tertiary/aromatic N) is 1. The van der Waals surface area contributed by atoms with Crippen LogP contribution in [0.5, 0.6) is 0 Å². The summed E-state index contributed by atoms with van der Waals surface area (Å²) in [7, 11) is 0. The van der Waals surface area contributed by atoms with Gasteiger partial charge in [-0.15, -0.1) is 0 Å². The zero-order chi connectivity index (χ0) is 19.0. The van der Waals surface area contributed by atoms with E-state index in [9.17, 15) is 9.59 Å². The summed E-state index contributed by atoms with van der Waals surface area (Å²) in [5, 5.41) is 5.78. The number of benzene rings is 1. The molecule has 26 heavy (non-hydrogen) atoms. The van der Waals surface area contributed by atoms with E-state index < -0.39 is 17.7 Å². The molecule has 0 bridgehead atoms. The first-order chi connectivity index (χ1) is 12.3. The third kappa shape index (κ3) is 7.44. The molecule has 6 heteroatoms. The Balaban J connectivity index is 1.88. The molecular weight excluding hydrogens is 330 g/mol. The molecule has 1 aliphatic heterocycles. The zero-order valence-corrected chi connectivity index (χ0v) is 16.1. The van der Waals surface area contributed by atoms with E-state index in [4.69, 9.17) is 4.74 Å².